The zero-order valence-electron chi connectivity index (χ0n) is 8.13. The summed E-state index contributed by atoms with van der Waals surface area (Å²) in [7, 11) is 0. The third-order valence-corrected chi connectivity index (χ3v) is 3.55. The van der Waals surface area contributed by atoms with Crippen LogP contribution in [0.1, 0.15) is 29.1 Å². The molecule has 1 atom stereocenters. The molecule has 1 aromatic rings. The molecule has 2 heterocycles. The molecule has 1 saturated heterocycles. The Morgan fingerprint density at radius 3 is 3.14 bits per heavy atom. The van der Waals surface area contributed by atoms with Crippen LogP contribution in [0.4, 0.5) is 4.39 Å². The lowest BCUT2D eigenvalue weighted by Gasteiger charge is -2.22. The van der Waals surface area contributed by atoms with Crippen LogP contribution in [0.15, 0.2) is 6.20 Å². The Balaban J connectivity index is 1.89. The fourth-order valence-corrected chi connectivity index (χ4v) is 2.67. The largest absolute Gasteiger partial charge is 0.314 e. The molecule has 1 unspecified atom stereocenters. The van der Waals surface area contributed by atoms with E-state index in [1.807, 2.05) is 0 Å². The number of alkyl halides is 1. The van der Waals surface area contributed by atoms with Crippen molar-refractivity contribution in [3.8, 4) is 0 Å². The second-order valence-electron chi connectivity index (χ2n) is 3.70. The Hall–Kier alpha value is -0.480. The van der Waals surface area contributed by atoms with Gasteiger partial charge >= 0.3 is 0 Å². The summed E-state index contributed by atoms with van der Waals surface area (Å²) in [5.74, 6) is 0. The zero-order chi connectivity index (χ0) is 9.80. The lowest BCUT2D eigenvalue weighted by molar-refractivity contribution is 0.399. The van der Waals surface area contributed by atoms with Crippen molar-refractivity contribution in [1.82, 2.24) is 10.3 Å². The van der Waals surface area contributed by atoms with E-state index in [1.54, 1.807) is 6.20 Å². The van der Waals surface area contributed by atoms with E-state index in [-0.39, 0.29) is 6.67 Å². The van der Waals surface area contributed by atoms with Crippen molar-refractivity contribution in [2.75, 3.05) is 6.54 Å². The summed E-state index contributed by atoms with van der Waals surface area (Å²) < 4.78 is 12.3. The standard InChI is InChI=1S/C10H15FN2S/c11-6-9-7-13-10(14-9)5-8-3-1-2-4-12-8/h7-8,12H,1-6H2. The van der Waals surface area contributed by atoms with Crippen LogP contribution >= 0.6 is 11.3 Å². The molecule has 0 aromatic carbocycles. The fraction of sp³-hybridized carbons (Fsp3) is 0.700. The SMILES string of the molecule is FCc1cnc(CC2CCCCN2)s1. The van der Waals surface area contributed by atoms with Crippen molar-refractivity contribution in [2.24, 2.45) is 0 Å². The average Bonchev–Trinajstić information content (AvgIpc) is 2.67. The monoisotopic (exact) mass is 214 g/mol. The van der Waals surface area contributed by atoms with E-state index in [0.29, 0.717) is 6.04 Å². The maximum Gasteiger partial charge on any atom is 0.125 e. The van der Waals surface area contributed by atoms with Crippen LogP contribution in [-0.2, 0) is 13.1 Å². The molecule has 0 amide bonds. The minimum Gasteiger partial charge on any atom is -0.314 e. The predicted molar refractivity (Wildman–Crippen MR) is 56.3 cm³/mol. The van der Waals surface area contributed by atoms with E-state index in [0.717, 1.165) is 22.9 Å². The number of halogens is 1. The molecule has 78 valence electrons. The van der Waals surface area contributed by atoms with Crippen molar-refractivity contribution in [3.63, 3.8) is 0 Å². The van der Waals surface area contributed by atoms with Crippen molar-refractivity contribution >= 4 is 11.3 Å². The van der Waals surface area contributed by atoms with Gasteiger partial charge in [-0.2, -0.15) is 0 Å². The molecule has 2 nitrogen and oxygen atoms in total. The van der Waals surface area contributed by atoms with Crippen molar-refractivity contribution < 1.29 is 4.39 Å². The van der Waals surface area contributed by atoms with Crippen molar-refractivity contribution in [1.29, 1.82) is 0 Å². The van der Waals surface area contributed by atoms with E-state index in [4.69, 9.17) is 0 Å². The number of hydrogen-bond acceptors (Lipinski definition) is 3. The molecule has 0 spiro atoms. The molecule has 1 fully saturated rings. The molecule has 14 heavy (non-hydrogen) atoms. The fourth-order valence-electron chi connectivity index (χ4n) is 1.81. The Morgan fingerprint density at radius 1 is 1.57 bits per heavy atom. The molecule has 0 bridgehead atoms. The predicted octanol–water partition coefficient (Wildman–Crippen LogP) is 2.30. The van der Waals surface area contributed by atoms with E-state index in [1.165, 1.54) is 30.6 Å². The van der Waals surface area contributed by atoms with E-state index < -0.39 is 0 Å². The molecular weight excluding hydrogens is 199 g/mol. The van der Waals surface area contributed by atoms with Gasteiger partial charge in [0.15, 0.2) is 0 Å². The lowest BCUT2D eigenvalue weighted by Crippen LogP contribution is -2.35. The summed E-state index contributed by atoms with van der Waals surface area (Å²) >= 11 is 1.50. The number of hydrogen-bond donors (Lipinski definition) is 1. The highest BCUT2D eigenvalue weighted by atomic mass is 32.1. The average molecular weight is 214 g/mol. The number of aromatic nitrogens is 1. The van der Waals surface area contributed by atoms with Crippen molar-refractivity contribution in [2.45, 2.75) is 38.4 Å². The number of nitrogens with one attached hydrogen (secondary N) is 1. The molecule has 1 aliphatic rings. The Bertz CT molecular complexity index is 281. The zero-order valence-corrected chi connectivity index (χ0v) is 8.95. The quantitative estimate of drug-likeness (QED) is 0.835. The summed E-state index contributed by atoms with van der Waals surface area (Å²) in [6.45, 7) is 0.738. The smallest absolute Gasteiger partial charge is 0.125 e. The van der Waals surface area contributed by atoms with Crippen LogP contribution in [0.2, 0.25) is 0 Å². The Morgan fingerprint density at radius 2 is 2.50 bits per heavy atom. The molecule has 0 radical (unpaired) electrons. The molecule has 2 rings (SSSR count). The van der Waals surface area contributed by atoms with Gasteiger partial charge in [-0.1, -0.05) is 6.42 Å². The van der Waals surface area contributed by atoms with Gasteiger partial charge in [0, 0.05) is 18.7 Å². The minimum atomic E-state index is -0.379. The number of thiazole rings is 1. The van der Waals surface area contributed by atoms with Gasteiger partial charge in [0.25, 0.3) is 0 Å². The maximum absolute atomic E-state index is 12.3. The normalized spacial score (nSPS) is 22.5. The van der Waals surface area contributed by atoms with E-state index in [9.17, 15) is 4.39 Å². The number of nitrogens with zero attached hydrogens (tertiary/aromatic N) is 1. The highest BCUT2D eigenvalue weighted by molar-refractivity contribution is 7.11. The summed E-state index contributed by atoms with van der Waals surface area (Å²) in [5.41, 5.74) is 0. The van der Waals surface area contributed by atoms with Gasteiger partial charge in [0.05, 0.1) is 9.88 Å². The lowest BCUT2D eigenvalue weighted by atomic mass is 10.0. The van der Waals surface area contributed by atoms with Crippen LogP contribution in [0, 0.1) is 0 Å². The minimum absolute atomic E-state index is 0.379. The first-order valence-corrected chi connectivity index (χ1v) is 5.93. The summed E-state index contributed by atoms with van der Waals surface area (Å²) in [6.07, 6.45) is 6.43. The third kappa shape index (κ3) is 2.51. The maximum atomic E-state index is 12.3. The molecule has 1 N–H and O–H groups in total. The topological polar surface area (TPSA) is 24.9 Å². The van der Waals surface area contributed by atoms with Crippen LogP contribution in [0.5, 0.6) is 0 Å². The third-order valence-electron chi connectivity index (χ3n) is 2.57. The van der Waals surface area contributed by atoms with Gasteiger partial charge in [0.2, 0.25) is 0 Å². The van der Waals surface area contributed by atoms with Gasteiger partial charge < -0.3 is 5.32 Å². The first-order chi connectivity index (χ1) is 6.88. The highest BCUT2D eigenvalue weighted by Crippen LogP contribution is 2.18. The Kier molecular flexibility index (Phi) is 3.48. The molecule has 1 aliphatic heterocycles. The second-order valence-corrected chi connectivity index (χ2v) is 4.90. The molecule has 0 aliphatic carbocycles. The first-order valence-electron chi connectivity index (χ1n) is 5.11. The highest BCUT2D eigenvalue weighted by Gasteiger charge is 2.14. The van der Waals surface area contributed by atoms with Gasteiger partial charge in [-0.3, -0.25) is 0 Å². The van der Waals surface area contributed by atoms with E-state index >= 15 is 0 Å². The number of rotatable bonds is 3. The second kappa shape index (κ2) is 4.84. The van der Waals surface area contributed by atoms with Crippen molar-refractivity contribution in [3.05, 3.63) is 16.1 Å². The van der Waals surface area contributed by atoms with Gasteiger partial charge in [0.1, 0.15) is 6.67 Å². The molecular formula is C10H15FN2S. The van der Waals surface area contributed by atoms with Crippen LogP contribution in [-0.4, -0.2) is 17.6 Å². The Labute approximate surface area is 87.6 Å². The molecule has 0 saturated carbocycles. The van der Waals surface area contributed by atoms with Crippen LogP contribution < -0.4 is 5.32 Å². The number of piperidine rings is 1. The molecule has 4 heteroatoms. The van der Waals surface area contributed by atoms with Gasteiger partial charge in [-0.15, -0.1) is 11.3 Å². The molecule has 1 aromatic heterocycles. The van der Waals surface area contributed by atoms with Crippen LogP contribution in [0.25, 0.3) is 0 Å². The summed E-state index contributed by atoms with van der Waals surface area (Å²) in [6, 6.07) is 0.558. The van der Waals surface area contributed by atoms with Gasteiger partial charge in [-0.25, -0.2) is 9.37 Å². The van der Waals surface area contributed by atoms with Gasteiger partial charge in [-0.05, 0) is 19.4 Å². The van der Waals surface area contributed by atoms with Crippen LogP contribution in [0.3, 0.4) is 0 Å². The summed E-state index contributed by atoms with van der Waals surface area (Å²) in [5, 5.41) is 4.53. The summed E-state index contributed by atoms with van der Waals surface area (Å²) in [4.78, 5) is 4.97. The first kappa shape index (κ1) is 10.1. The van der Waals surface area contributed by atoms with E-state index in [2.05, 4.69) is 10.3 Å².